The van der Waals surface area contributed by atoms with Crippen molar-refractivity contribution in [1.29, 1.82) is 0 Å². The summed E-state index contributed by atoms with van der Waals surface area (Å²) in [6, 6.07) is 4.03. The standard InChI is InChI=1S/C19H20N2O8/c1-5-27-18(23)14-11(4)29-17(15(14)19(24)28-6-2)20-16(22)12-8-7-9-13(10(12)3)21(25)26/h7-9H,5-6H2,1-4H3,(H,20,22). The summed E-state index contributed by atoms with van der Waals surface area (Å²) in [4.78, 5) is 47.9. The number of rotatable bonds is 7. The third kappa shape index (κ3) is 4.42. The van der Waals surface area contributed by atoms with Gasteiger partial charge in [-0.3, -0.25) is 20.2 Å². The maximum atomic E-state index is 12.7. The maximum absolute atomic E-state index is 12.7. The molecule has 0 aliphatic heterocycles. The topological polar surface area (TPSA) is 138 Å². The molecule has 0 spiro atoms. The summed E-state index contributed by atoms with van der Waals surface area (Å²) in [5.74, 6) is -2.68. The molecular weight excluding hydrogens is 384 g/mol. The van der Waals surface area contributed by atoms with Crippen molar-refractivity contribution in [1.82, 2.24) is 0 Å². The minimum atomic E-state index is -0.876. The fraction of sp³-hybridized carbons (Fsp3) is 0.316. The van der Waals surface area contributed by atoms with Gasteiger partial charge in [0.15, 0.2) is 0 Å². The summed E-state index contributed by atoms with van der Waals surface area (Å²) in [5, 5.41) is 13.5. The third-order valence-corrected chi connectivity index (χ3v) is 4.02. The fourth-order valence-electron chi connectivity index (χ4n) is 2.72. The van der Waals surface area contributed by atoms with Gasteiger partial charge in [-0.2, -0.15) is 0 Å². The zero-order chi connectivity index (χ0) is 21.7. The number of hydrogen-bond donors (Lipinski definition) is 1. The molecule has 0 fully saturated rings. The molecule has 1 aromatic heterocycles. The van der Waals surface area contributed by atoms with Crippen LogP contribution in [0.25, 0.3) is 0 Å². The molecule has 0 atom stereocenters. The summed E-state index contributed by atoms with van der Waals surface area (Å²) in [7, 11) is 0. The summed E-state index contributed by atoms with van der Waals surface area (Å²) in [6.45, 7) is 6.15. The van der Waals surface area contributed by atoms with Gasteiger partial charge in [-0.05, 0) is 33.8 Å². The third-order valence-electron chi connectivity index (χ3n) is 4.02. The van der Waals surface area contributed by atoms with Gasteiger partial charge in [-0.15, -0.1) is 0 Å². The molecule has 0 unspecified atom stereocenters. The molecule has 0 saturated carbocycles. The smallest absolute Gasteiger partial charge is 0.344 e. The van der Waals surface area contributed by atoms with Crippen molar-refractivity contribution >= 4 is 29.4 Å². The first-order valence-corrected chi connectivity index (χ1v) is 8.75. The van der Waals surface area contributed by atoms with Crippen LogP contribution in [0, 0.1) is 24.0 Å². The molecule has 1 aromatic carbocycles. The number of furan rings is 1. The number of nitro groups is 1. The molecule has 0 radical (unpaired) electrons. The van der Waals surface area contributed by atoms with Crippen LogP contribution in [0.2, 0.25) is 0 Å². The quantitative estimate of drug-likeness (QED) is 0.421. The number of carbonyl (C=O) groups is 3. The van der Waals surface area contributed by atoms with Gasteiger partial charge >= 0.3 is 11.9 Å². The van der Waals surface area contributed by atoms with E-state index in [1.54, 1.807) is 13.8 Å². The monoisotopic (exact) mass is 404 g/mol. The van der Waals surface area contributed by atoms with Crippen LogP contribution >= 0.6 is 0 Å². The second-order valence-corrected chi connectivity index (χ2v) is 5.84. The number of aryl methyl sites for hydroxylation is 1. The highest BCUT2D eigenvalue weighted by molar-refractivity contribution is 6.12. The number of ether oxygens (including phenoxy) is 2. The van der Waals surface area contributed by atoms with Gasteiger partial charge in [-0.25, -0.2) is 9.59 Å². The van der Waals surface area contributed by atoms with Crippen molar-refractivity contribution in [2.45, 2.75) is 27.7 Å². The van der Waals surface area contributed by atoms with Gasteiger partial charge in [0.2, 0.25) is 5.88 Å². The van der Waals surface area contributed by atoms with E-state index in [-0.39, 0.29) is 52.8 Å². The van der Waals surface area contributed by atoms with Gasteiger partial charge in [0.1, 0.15) is 16.9 Å². The van der Waals surface area contributed by atoms with Gasteiger partial charge in [0.05, 0.1) is 18.1 Å². The number of nitrogens with one attached hydrogen (secondary N) is 1. The lowest BCUT2D eigenvalue weighted by atomic mass is 10.1. The Morgan fingerprint density at radius 1 is 1.07 bits per heavy atom. The lowest BCUT2D eigenvalue weighted by Gasteiger charge is -2.08. The van der Waals surface area contributed by atoms with Crippen LogP contribution in [-0.2, 0) is 9.47 Å². The summed E-state index contributed by atoms with van der Waals surface area (Å²) >= 11 is 0. The number of amides is 1. The van der Waals surface area contributed by atoms with E-state index >= 15 is 0 Å². The summed E-state index contributed by atoms with van der Waals surface area (Å²) < 4.78 is 15.3. The van der Waals surface area contributed by atoms with Gasteiger partial charge in [0.25, 0.3) is 11.6 Å². The Labute approximate surface area is 165 Å². The van der Waals surface area contributed by atoms with E-state index in [9.17, 15) is 24.5 Å². The van der Waals surface area contributed by atoms with Crippen molar-refractivity contribution in [2.75, 3.05) is 18.5 Å². The van der Waals surface area contributed by atoms with Crippen molar-refractivity contribution in [3.05, 3.63) is 56.3 Å². The van der Waals surface area contributed by atoms with E-state index in [1.165, 1.54) is 32.0 Å². The average Bonchev–Trinajstić information content (AvgIpc) is 2.97. The Morgan fingerprint density at radius 3 is 2.21 bits per heavy atom. The Bertz CT molecular complexity index is 977. The molecule has 29 heavy (non-hydrogen) atoms. The van der Waals surface area contributed by atoms with Gasteiger partial charge < -0.3 is 13.9 Å². The minimum absolute atomic E-state index is 0.0146. The molecule has 154 valence electrons. The largest absolute Gasteiger partial charge is 0.462 e. The molecule has 0 aliphatic rings. The molecule has 10 nitrogen and oxygen atoms in total. The van der Waals surface area contributed by atoms with Crippen LogP contribution in [0.1, 0.15) is 56.2 Å². The number of carbonyl (C=O) groups excluding carboxylic acids is 3. The Balaban J connectivity index is 2.50. The predicted molar refractivity (Wildman–Crippen MR) is 101 cm³/mol. The molecule has 0 bridgehead atoms. The predicted octanol–water partition coefficient (Wildman–Crippen LogP) is 3.41. The van der Waals surface area contributed by atoms with E-state index in [2.05, 4.69) is 5.32 Å². The Hall–Kier alpha value is -3.69. The first-order valence-electron chi connectivity index (χ1n) is 8.75. The van der Waals surface area contributed by atoms with E-state index in [1.807, 2.05) is 0 Å². The van der Waals surface area contributed by atoms with Crippen molar-refractivity contribution in [2.24, 2.45) is 0 Å². The number of nitro benzene ring substituents is 1. The molecule has 0 saturated heterocycles. The van der Waals surface area contributed by atoms with Crippen LogP contribution in [0.4, 0.5) is 11.6 Å². The highest BCUT2D eigenvalue weighted by atomic mass is 16.6. The first kappa shape index (κ1) is 21.6. The molecule has 2 rings (SSSR count). The van der Waals surface area contributed by atoms with Crippen LogP contribution in [0.5, 0.6) is 0 Å². The molecule has 10 heteroatoms. The number of esters is 2. The van der Waals surface area contributed by atoms with Crippen LogP contribution < -0.4 is 5.32 Å². The lowest BCUT2D eigenvalue weighted by Crippen LogP contribution is -2.18. The fourth-order valence-corrected chi connectivity index (χ4v) is 2.72. The van der Waals surface area contributed by atoms with Crippen LogP contribution in [0.15, 0.2) is 22.6 Å². The SMILES string of the molecule is CCOC(=O)c1c(C)oc(NC(=O)c2cccc([N+](=O)[O-])c2C)c1C(=O)OCC. The Kier molecular flexibility index (Phi) is 6.71. The second kappa shape index (κ2) is 9.00. The number of nitrogens with zero attached hydrogens (tertiary/aromatic N) is 1. The zero-order valence-corrected chi connectivity index (χ0v) is 16.4. The van der Waals surface area contributed by atoms with Crippen LogP contribution in [-0.4, -0.2) is 36.0 Å². The first-order chi connectivity index (χ1) is 13.7. The highest BCUT2D eigenvalue weighted by Crippen LogP contribution is 2.30. The van der Waals surface area contributed by atoms with E-state index in [0.717, 1.165) is 0 Å². The summed E-state index contributed by atoms with van der Waals surface area (Å²) in [6.07, 6.45) is 0. The summed E-state index contributed by atoms with van der Waals surface area (Å²) in [5.41, 5.74) is -0.510. The molecule has 0 aliphatic carbocycles. The Morgan fingerprint density at radius 2 is 1.66 bits per heavy atom. The molecule has 1 heterocycles. The van der Waals surface area contributed by atoms with Crippen molar-refractivity contribution in [3.63, 3.8) is 0 Å². The molecular formula is C19H20N2O8. The zero-order valence-electron chi connectivity index (χ0n) is 16.4. The number of benzene rings is 1. The average molecular weight is 404 g/mol. The molecule has 2 aromatic rings. The van der Waals surface area contributed by atoms with Crippen LogP contribution in [0.3, 0.4) is 0 Å². The van der Waals surface area contributed by atoms with Crippen molar-refractivity contribution < 1.29 is 33.2 Å². The second-order valence-electron chi connectivity index (χ2n) is 5.84. The lowest BCUT2D eigenvalue weighted by molar-refractivity contribution is -0.385. The normalized spacial score (nSPS) is 10.3. The van der Waals surface area contributed by atoms with Gasteiger partial charge in [-0.1, -0.05) is 6.07 Å². The highest BCUT2D eigenvalue weighted by Gasteiger charge is 2.32. The van der Waals surface area contributed by atoms with Crippen molar-refractivity contribution in [3.8, 4) is 0 Å². The molecule has 1 amide bonds. The van der Waals surface area contributed by atoms with E-state index in [0.29, 0.717) is 0 Å². The minimum Gasteiger partial charge on any atom is -0.462 e. The number of hydrogen-bond acceptors (Lipinski definition) is 8. The number of anilines is 1. The van der Waals surface area contributed by atoms with E-state index in [4.69, 9.17) is 13.9 Å². The molecule has 1 N–H and O–H groups in total. The van der Waals surface area contributed by atoms with Gasteiger partial charge in [0, 0.05) is 17.2 Å². The maximum Gasteiger partial charge on any atom is 0.344 e. The van der Waals surface area contributed by atoms with E-state index < -0.39 is 22.8 Å².